The van der Waals surface area contributed by atoms with Gasteiger partial charge in [-0.05, 0) is 42.5 Å². The van der Waals surface area contributed by atoms with E-state index in [2.05, 4.69) is 15.3 Å². The number of amides is 2. The van der Waals surface area contributed by atoms with Crippen molar-refractivity contribution in [3.05, 3.63) is 48.3 Å². The summed E-state index contributed by atoms with van der Waals surface area (Å²) in [6.07, 6.45) is 0. The average molecular weight is 370 g/mol. The molecule has 2 heterocycles. The third kappa shape index (κ3) is 3.41. The molecule has 0 atom stereocenters. The molecule has 2 amide bonds. The van der Waals surface area contributed by atoms with E-state index >= 15 is 0 Å². The second kappa shape index (κ2) is 6.80. The Morgan fingerprint density at radius 3 is 2.81 bits per heavy atom. The summed E-state index contributed by atoms with van der Waals surface area (Å²) >= 11 is 1.50. The van der Waals surface area contributed by atoms with Gasteiger partial charge in [-0.15, -0.1) is 11.8 Å². The molecule has 0 saturated carbocycles. The predicted molar refractivity (Wildman–Crippen MR) is 99.2 cm³/mol. The van der Waals surface area contributed by atoms with Gasteiger partial charge >= 0.3 is 0 Å². The number of carbonyl (C=O) groups excluding carboxylic acids is 2. The largest absolute Gasteiger partial charge is 0.338 e. The van der Waals surface area contributed by atoms with Gasteiger partial charge in [0, 0.05) is 11.3 Å². The fourth-order valence-electron chi connectivity index (χ4n) is 2.75. The minimum Gasteiger partial charge on any atom is -0.338 e. The van der Waals surface area contributed by atoms with Crippen molar-refractivity contribution < 1.29 is 14.0 Å². The smallest absolute Gasteiger partial charge is 0.244 e. The van der Waals surface area contributed by atoms with Crippen molar-refractivity contribution in [1.82, 2.24) is 14.9 Å². The number of halogens is 1. The maximum atomic E-state index is 13.1. The van der Waals surface area contributed by atoms with Crippen LogP contribution in [0.2, 0.25) is 0 Å². The number of carbonyl (C=O) groups is 2. The molecule has 1 fully saturated rings. The predicted octanol–water partition coefficient (Wildman–Crippen LogP) is 2.84. The van der Waals surface area contributed by atoms with Gasteiger partial charge in [0.1, 0.15) is 18.2 Å². The molecule has 2 N–H and O–H groups in total. The van der Waals surface area contributed by atoms with Gasteiger partial charge in [-0.3, -0.25) is 9.59 Å². The van der Waals surface area contributed by atoms with Crippen LogP contribution in [-0.2, 0) is 9.59 Å². The van der Waals surface area contributed by atoms with Crippen LogP contribution in [0.1, 0.15) is 0 Å². The lowest BCUT2D eigenvalue weighted by Crippen LogP contribution is -2.34. The molecule has 0 aliphatic carbocycles. The first-order valence-electron chi connectivity index (χ1n) is 7.99. The molecular formula is C18H15FN4O2S. The summed E-state index contributed by atoms with van der Waals surface area (Å²) in [6, 6.07) is 11.4. The summed E-state index contributed by atoms with van der Waals surface area (Å²) in [4.78, 5) is 32.9. The van der Waals surface area contributed by atoms with Gasteiger partial charge in [-0.2, -0.15) is 0 Å². The molecule has 0 unspecified atom stereocenters. The Morgan fingerprint density at radius 1 is 1.27 bits per heavy atom. The number of aromatic nitrogens is 2. The van der Waals surface area contributed by atoms with Crippen LogP contribution in [0.4, 0.5) is 10.1 Å². The molecule has 3 aromatic rings. The van der Waals surface area contributed by atoms with Crippen molar-refractivity contribution in [3.8, 4) is 11.4 Å². The molecular weight excluding hydrogens is 355 g/mol. The van der Waals surface area contributed by atoms with Gasteiger partial charge in [0.25, 0.3) is 0 Å². The normalized spacial score (nSPS) is 14.2. The van der Waals surface area contributed by atoms with Crippen LogP contribution in [0.15, 0.2) is 42.5 Å². The zero-order valence-corrected chi connectivity index (χ0v) is 14.5. The molecule has 1 aliphatic heterocycles. The Bertz CT molecular complexity index is 987. The second-order valence-corrected chi connectivity index (χ2v) is 6.90. The van der Waals surface area contributed by atoms with Gasteiger partial charge in [-0.1, -0.05) is 0 Å². The van der Waals surface area contributed by atoms with Crippen molar-refractivity contribution in [2.45, 2.75) is 0 Å². The van der Waals surface area contributed by atoms with Crippen LogP contribution in [0, 0.1) is 5.82 Å². The Labute approximate surface area is 152 Å². The summed E-state index contributed by atoms with van der Waals surface area (Å²) in [6.45, 7) is 0.0493. The molecule has 2 aromatic carbocycles. The molecule has 0 spiro atoms. The highest BCUT2D eigenvalue weighted by Gasteiger charge is 2.22. The number of benzene rings is 2. The number of H-pyrrole nitrogens is 1. The van der Waals surface area contributed by atoms with E-state index < -0.39 is 0 Å². The minimum atomic E-state index is -0.301. The summed E-state index contributed by atoms with van der Waals surface area (Å²) in [5.74, 6) is 1.05. The first-order chi connectivity index (χ1) is 12.6. The van der Waals surface area contributed by atoms with E-state index in [1.807, 2.05) is 0 Å². The number of rotatable bonds is 4. The van der Waals surface area contributed by atoms with Crippen LogP contribution < -0.4 is 5.32 Å². The lowest BCUT2D eigenvalue weighted by molar-refractivity contribution is -0.130. The molecule has 4 rings (SSSR count). The van der Waals surface area contributed by atoms with Crippen molar-refractivity contribution >= 4 is 40.3 Å². The van der Waals surface area contributed by atoms with E-state index in [1.54, 1.807) is 30.3 Å². The summed E-state index contributed by atoms with van der Waals surface area (Å²) in [5.41, 5.74) is 2.90. The van der Waals surface area contributed by atoms with Gasteiger partial charge in [-0.25, -0.2) is 9.37 Å². The van der Waals surface area contributed by atoms with Crippen LogP contribution >= 0.6 is 11.8 Å². The lowest BCUT2D eigenvalue weighted by Gasteiger charge is -2.14. The Kier molecular flexibility index (Phi) is 4.34. The van der Waals surface area contributed by atoms with Gasteiger partial charge in [0.2, 0.25) is 11.8 Å². The maximum absolute atomic E-state index is 13.1. The van der Waals surface area contributed by atoms with E-state index in [-0.39, 0.29) is 24.2 Å². The number of nitrogens with one attached hydrogen (secondary N) is 2. The molecule has 1 aliphatic rings. The Balaban J connectivity index is 1.51. The Morgan fingerprint density at radius 2 is 2.08 bits per heavy atom. The number of nitrogens with zero attached hydrogens (tertiary/aromatic N) is 2. The van der Waals surface area contributed by atoms with E-state index in [4.69, 9.17) is 0 Å². The molecule has 8 heteroatoms. The number of anilines is 1. The van der Waals surface area contributed by atoms with Crippen LogP contribution in [0.25, 0.3) is 22.4 Å². The first-order valence-corrected chi connectivity index (χ1v) is 9.15. The molecule has 132 valence electrons. The zero-order valence-electron chi connectivity index (χ0n) is 13.7. The van der Waals surface area contributed by atoms with Crippen molar-refractivity contribution in [2.24, 2.45) is 0 Å². The van der Waals surface area contributed by atoms with Crippen LogP contribution in [-0.4, -0.2) is 44.9 Å². The second-order valence-electron chi connectivity index (χ2n) is 5.94. The monoisotopic (exact) mass is 370 g/mol. The molecule has 26 heavy (non-hydrogen) atoms. The van der Waals surface area contributed by atoms with E-state index in [0.29, 0.717) is 23.1 Å². The average Bonchev–Trinajstić information content (AvgIpc) is 3.21. The topological polar surface area (TPSA) is 78.1 Å². The number of hydrogen-bond acceptors (Lipinski definition) is 4. The molecule has 1 aromatic heterocycles. The third-order valence-corrected chi connectivity index (χ3v) is 4.99. The number of thioether (sulfide) groups is 1. The van der Waals surface area contributed by atoms with E-state index in [9.17, 15) is 14.0 Å². The fourth-order valence-corrected chi connectivity index (χ4v) is 3.65. The summed E-state index contributed by atoms with van der Waals surface area (Å²) < 4.78 is 13.1. The minimum absolute atomic E-state index is 0.0156. The number of hydrogen-bond donors (Lipinski definition) is 2. The highest BCUT2D eigenvalue weighted by Crippen LogP contribution is 2.23. The van der Waals surface area contributed by atoms with Crippen LogP contribution in [0.5, 0.6) is 0 Å². The van der Waals surface area contributed by atoms with Gasteiger partial charge < -0.3 is 15.2 Å². The summed E-state index contributed by atoms with van der Waals surface area (Å²) in [5, 5.41) is 2.80. The van der Waals surface area contributed by atoms with Gasteiger partial charge in [0.15, 0.2) is 0 Å². The molecule has 1 saturated heterocycles. The van der Waals surface area contributed by atoms with Crippen molar-refractivity contribution in [2.75, 3.05) is 23.5 Å². The third-order valence-electron chi connectivity index (χ3n) is 4.04. The van der Waals surface area contributed by atoms with E-state index in [1.165, 1.54) is 28.8 Å². The lowest BCUT2D eigenvalue weighted by atomic mass is 10.2. The standard InChI is InChI=1S/C18H15FN4O2S/c19-12-3-1-11(2-4-12)18-21-14-6-5-13(7-15(14)22-18)20-16(24)8-23-10-26-9-17(23)25/h1-7H,8-10H2,(H,20,24)(H,21,22). The van der Waals surface area contributed by atoms with E-state index in [0.717, 1.165) is 16.6 Å². The Hall–Kier alpha value is -2.87. The number of aromatic amines is 1. The highest BCUT2D eigenvalue weighted by atomic mass is 32.2. The summed E-state index contributed by atoms with van der Waals surface area (Å²) in [7, 11) is 0. The fraction of sp³-hybridized carbons (Fsp3) is 0.167. The first kappa shape index (κ1) is 16.6. The molecule has 6 nitrogen and oxygen atoms in total. The maximum Gasteiger partial charge on any atom is 0.244 e. The number of imidazole rings is 1. The zero-order chi connectivity index (χ0) is 18.1. The number of fused-ring (bicyclic) bond motifs is 1. The molecule has 0 bridgehead atoms. The SMILES string of the molecule is O=C(CN1CSCC1=O)Nc1ccc2nc(-c3ccc(F)cc3)[nH]c2c1. The highest BCUT2D eigenvalue weighted by molar-refractivity contribution is 8.00. The van der Waals surface area contributed by atoms with Gasteiger partial charge in [0.05, 0.1) is 22.7 Å². The van der Waals surface area contributed by atoms with Crippen LogP contribution in [0.3, 0.4) is 0 Å². The molecule has 0 radical (unpaired) electrons. The van der Waals surface area contributed by atoms with Crippen molar-refractivity contribution in [3.63, 3.8) is 0 Å². The van der Waals surface area contributed by atoms with Crippen molar-refractivity contribution in [1.29, 1.82) is 0 Å². The quantitative estimate of drug-likeness (QED) is 0.740.